The van der Waals surface area contributed by atoms with Crippen LogP contribution in [0.15, 0.2) is 95.9 Å². The number of urea groups is 1. The first-order chi connectivity index (χ1) is 37.3. The second-order valence-corrected chi connectivity index (χ2v) is 23.6. The van der Waals surface area contributed by atoms with E-state index in [0.29, 0.717) is 47.6 Å². The smallest absolute Gasteiger partial charge is 0.318 e. The Morgan fingerprint density at radius 3 is 2.23 bits per heavy atom. The number of piperazine rings is 1. The molecule has 4 aromatic heterocycles. The summed E-state index contributed by atoms with van der Waals surface area (Å²) in [6, 6.07) is 20.2. The lowest BCUT2D eigenvalue weighted by atomic mass is 9.85. The molecule has 8 heterocycles. The van der Waals surface area contributed by atoms with Crippen LogP contribution in [0.5, 0.6) is 0 Å². The van der Waals surface area contributed by atoms with Gasteiger partial charge >= 0.3 is 6.03 Å². The van der Waals surface area contributed by atoms with Gasteiger partial charge < -0.3 is 40.9 Å². The molecule has 5 N–H and O–H groups in total. The van der Waals surface area contributed by atoms with Gasteiger partial charge in [0.2, 0.25) is 17.8 Å². The van der Waals surface area contributed by atoms with Crippen molar-refractivity contribution in [2.24, 2.45) is 5.41 Å². The minimum absolute atomic E-state index is 0.0197. The Bertz CT molecular complexity index is 3200. The minimum atomic E-state index is -1.18. The third-order valence-electron chi connectivity index (χ3n) is 15.7. The summed E-state index contributed by atoms with van der Waals surface area (Å²) < 4.78 is 3.15. The first-order valence-corrected chi connectivity index (χ1v) is 27.9. The second kappa shape index (κ2) is 22.4. The molecule has 4 aliphatic rings. The molecule has 4 fully saturated rings. The van der Waals surface area contributed by atoms with Gasteiger partial charge in [0.05, 0.1) is 34.4 Å². The lowest BCUT2D eigenvalue weighted by Crippen LogP contribution is -2.67. The van der Waals surface area contributed by atoms with Crippen LogP contribution in [0.3, 0.4) is 0 Å². The number of aryl methyl sites for hydroxylation is 1. The number of aliphatic hydroxyl groups excluding tert-OH is 1. The first kappa shape index (κ1) is 54.3. The molecule has 4 saturated heterocycles. The van der Waals surface area contributed by atoms with Gasteiger partial charge in [-0.05, 0) is 86.6 Å². The summed E-state index contributed by atoms with van der Waals surface area (Å²) in [5.74, 6) is 0.0548. The SMILES string of the molecule is C=CCn1c(=O)c2cnc(Nc3ccc(N4CCN(C5CCN(C6CN(C(=O)N[C@H](C(=O)N7CC(O)CC7C(=O)NCc7ccc(-c8scnc8C)cc7)C(C)(C)C)C6)CC5)CC4)cc3)nc2n1-c1cccc(C(C)(C)O)n1. The number of carbonyl (C=O) groups excluding carboxylic acids is 3. The number of fused-ring (bicyclic) bond motifs is 1. The largest absolute Gasteiger partial charge is 0.391 e. The molecule has 21 heteroatoms. The van der Waals surface area contributed by atoms with Gasteiger partial charge in [-0.1, -0.05) is 57.2 Å². The quantitative estimate of drug-likeness (QED) is 0.0831. The van der Waals surface area contributed by atoms with Crippen LogP contribution < -0.4 is 26.4 Å². The molecular weight excluding hydrogens is 1010 g/mol. The molecule has 78 heavy (non-hydrogen) atoms. The average Bonchev–Trinajstić information content (AvgIpc) is 4.16. The highest BCUT2D eigenvalue weighted by atomic mass is 32.1. The summed E-state index contributed by atoms with van der Waals surface area (Å²) in [7, 11) is 0. The van der Waals surface area contributed by atoms with Crippen LogP contribution in [-0.4, -0.2) is 166 Å². The number of hydrogen-bond donors (Lipinski definition) is 5. The van der Waals surface area contributed by atoms with Crippen LogP contribution in [0.1, 0.15) is 70.8 Å². The Balaban J connectivity index is 0.673. The maximum absolute atomic E-state index is 14.3. The van der Waals surface area contributed by atoms with Gasteiger partial charge in [-0.3, -0.25) is 24.2 Å². The monoisotopic (exact) mass is 1080 g/mol. The molecule has 412 valence electrons. The summed E-state index contributed by atoms with van der Waals surface area (Å²) in [4.78, 5) is 85.3. The number of nitrogens with zero attached hydrogens (tertiary/aromatic N) is 11. The van der Waals surface area contributed by atoms with Gasteiger partial charge in [-0.15, -0.1) is 17.9 Å². The number of amides is 4. The zero-order valence-corrected chi connectivity index (χ0v) is 46.2. The van der Waals surface area contributed by atoms with Crippen molar-refractivity contribution in [3.63, 3.8) is 0 Å². The van der Waals surface area contributed by atoms with Crippen LogP contribution in [0.4, 0.5) is 22.1 Å². The Labute approximate surface area is 458 Å². The van der Waals surface area contributed by atoms with E-state index in [-0.39, 0.29) is 55.5 Å². The van der Waals surface area contributed by atoms with Crippen molar-refractivity contribution >= 4 is 57.5 Å². The first-order valence-electron chi connectivity index (χ1n) is 27.0. The third-order valence-corrected chi connectivity index (χ3v) is 16.7. The third kappa shape index (κ3) is 11.6. The van der Waals surface area contributed by atoms with Gasteiger partial charge in [0.25, 0.3) is 5.56 Å². The van der Waals surface area contributed by atoms with Crippen molar-refractivity contribution in [1.82, 2.24) is 59.5 Å². The van der Waals surface area contributed by atoms with Crippen LogP contribution in [-0.2, 0) is 28.3 Å². The van der Waals surface area contributed by atoms with Crippen molar-refractivity contribution < 1.29 is 24.6 Å². The summed E-state index contributed by atoms with van der Waals surface area (Å²) in [6.07, 6.45) is 4.56. The second-order valence-electron chi connectivity index (χ2n) is 22.7. The van der Waals surface area contributed by atoms with Crippen LogP contribution >= 0.6 is 11.3 Å². The van der Waals surface area contributed by atoms with Gasteiger partial charge in [0, 0.05) is 102 Å². The Morgan fingerprint density at radius 1 is 0.872 bits per heavy atom. The van der Waals surface area contributed by atoms with Gasteiger partial charge in [0.1, 0.15) is 23.1 Å². The molecular formula is C57H72N14O6S. The zero-order valence-electron chi connectivity index (χ0n) is 45.4. The molecule has 2 unspecified atom stereocenters. The van der Waals surface area contributed by atoms with Gasteiger partial charge in [-0.25, -0.2) is 29.1 Å². The number of piperidine rings is 1. The molecule has 0 aliphatic carbocycles. The fraction of sp³-hybridized carbons (Fsp3) is 0.474. The number of aromatic nitrogens is 6. The number of hydrogen-bond acceptors (Lipinski definition) is 15. The van der Waals surface area contributed by atoms with E-state index in [1.165, 1.54) is 15.8 Å². The number of nitrogens with one attached hydrogen (secondary N) is 3. The molecule has 0 spiro atoms. The van der Waals surface area contributed by atoms with Gasteiger partial charge in [0.15, 0.2) is 11.5 Å². The fourth-order valence-corrected chi connectivity index (χ4v) is 12.0. The fourth-order valence-electron chi connectivity index (χ4n) is 11.2. The summed E-state index contributed by atoms with van der Waals surface area (Å²) in [5.41, 5.74) is 5.44. The van der Waals surface area contributed by atoms with Crippen molar-refractivity contribution in [3.8, 4) is 16.3 Å². The van der Waals surface area contributed by atoms with Crippen molar-refractivity contribution in [1.29, 1.82) is 0 Å². The number of β-amino-alcohol motifs (C(OH)–C–C–N with tert-alkyl or cyclic N) is 1. The predicted octanol–water partition coefficient (Wildman–Crippen LogP) is 5.24. The Hall–Kier alpha value is -7.04. The number of thiazole rings is 1. The molecule has 0 saturated carbocycles. The molecule has 2 aromatic carbocycles. The lowest BCUT2D eigenvalue weighted by Gasteiger charge is -2.49. The molecule has 4 amide bonds. The molecule has 0 bridgehead atoms. The highest BCUT2D eigenvalue weighted by molar-refractivity contribution is 7.13. The normalized spacial score (nSPS) is 19.5. The molecule has 4 aliphatic heterocycles. The number of benzene rings is 2. The van der Waals surface area contributed by atoms with Crippen LogP contribution in [0, 0.1) is 12.3 Å². The molecule has 3 atom stereocenters. The highest BCUT2D eigenvalue weighted by Gasteiger charge is 2.46. The summed E-state index contributed by atoms with van der Waals surface area (Å²) in [6.45, 7) is 22.2. The topological polar surface area (TPSA) is 222 Å². The average molecular weight is 1080 g/mol. The van der Waals surface area contributed by atoms with E-state index < -0.39 is 29.2 Å². The summed E-state index contributed by atoms with van der Waals surface area (Å²) in [5, 5.41) is 31.0. The lowest BCUT2D eigenvalue weighted by molar-refractivity contribution is -0.142. The van der Waals surface area contributed by atoms with E-state index in [1.807, 2.05) is 69.6 Å². The van der Waals surface area contributed by atoms with E-state index in [2.05, 4.69) is 64.3 Å². The number of carbonyl (C=O) groups is 3. The van der Waals surface area contributed by atoms with Crippen LogP contribution in [0.25, 0.3) is 27.3 Å². The number of pyridine rings is 1. The number of anilines is 3. The maximum atomic E-state index is 14.3. The molecule has 20 nitrogen and oxygen atoms in total. The zero-order chi connectivity index (χ0) is 55.0. The maximum Gasteiger partial charge on any atom is 0.318 e. The van der Waals surface area contributed by atoms with E-state index >= 15 is 0 Å². The van der Waals surface area contributed by atoms with Crippen molar-refractivity contribution in [3.05, 3.63) is 118 Å². The number of rotatable bonds is 15. The number of aliphatic hydroxyl groups is 2. The van der Waals surface area contributed by atoms with Gasteiger partial charge in [-0.2, -0.15) is 4.98 Å². The van der Waals surface area contributed by atoms with E-state index in [0.717, 1.165) is 85.2 Å². The van der Waals surface area contributed by atoms with E-state index in [1.54, 1.807) is 59.0 Å². The number of allylic oxidation sites excluding steroid dienone is 1. The minimum Gasteiger partial charge on any atom is -0.391 e. The molecule has 6 aromatic rings. The van der Waals surface area contributed by atoms with E-state index in [9.17, 15) is 29.4 Å². The molecule has 0 radical (unpaired) electrons. The molecule has 10 rings (SSSR count). The van der Waals surface area contributed by atoms with Crippen molar-refractivity contribution in [2.45, 2.75) is 110 Å². The predicted molar refractivity (Wildman–Crippen MR) is 302 cm³/mol. The standard InChI is InChI=1S/C57H72N14O6S/c1-8-22-70-52(74)44-31-59-54(64-50(44)71(70)47-11-9-10-46(62-47)57(6,7)77)61-39-16-18-40(19-17-39)66-25-27-67(28-26-66)41-20-23-65(24-21-41)42-32-68(33-42)55(76)63-49(56(3,4)5)53(75)69-34-43(72)29-45(69)51(73)58-30-37-12-14-38(15-13-37)48-36(2)60-35-78-48/h8-19,31,35,41-43,45,49,72,77H,1,20-30,32-34H2,2-7H3,(H,58,73)(H,63,76)(H,59,61,64)/t43?,45?,49-/m1/s1. The number of likely N-dealkylation sites (tertiary alicyclic amines) is 3. The van der Waals surface area contributed by atoms with Crippen molar-refractivity contribution in [2.75, 3.05) is 69.1 Å². The highest BCUT2D eigenvalue weighted by Crippen LogP contribution is 2.31. The summed E-state index contributed by atoms with van der Waals surface area (Å²) >= 11 is 1.58. The van der Waals surface area contributed by atoms with Crippen LogP contribution in [0.2, 0.25) is 0 Å². The Morgan fingerprint density at radius 2 is 1.58 bits per heavy atom. The Kier molecular flexibility index (Phi) is 15.6. The van der Waals surface area contributed by atoms with E-state index in [4.69, 9.17) is 4.98 Å².